The van der Waals surface area contributed by atoms with Crippen molar-refractivity contribution in [1.82, 2.24) is 16.0 Å². The van der Waals surface area contributed by atoms with Crippen LogP contribution >= 0.6 is 0 Å². The molecule has 0 aliphatic carbocycles. The van der Waals surface area contributed by atoms with Gasteiger partial charge in [-0.2, -0.15) is 0 Å². The summed E-state index contributed by atoms with van der Waals surface area (Å²) in [5.74, 6) is -2.36. The van der Waals surface area contributed by atoms with E-state index in [4.69, 9.17) is 10.8 Å². The first-order valence-corrected chi connectivity index (χ1v) is 8.35. The van der Waals surface area contributed by atoms with E-state index in [9.17, 15) is 19.2 Å². The predicted octanol–water partition coefficient (Wildman–Crippen LogP) is -0.792. The third-order valence-corrected chi connectivity index (χ3v) is 3.26. The second-order valence-electron chi connectivity index (χ2n) is 6.82. The van der Waals surface area contributed by atoms with Crippen molar-refractivity contribution in [2.75, 3.05) is 13.1 Å². The lowest BCUT2D eigenvalue weighted by Crippen LogP contribution is -2.52. The Morgan fingerprint density at radius 3 is 1.88 bits per heavy atom. The summed E-state index contributed by atoms with van der Waals surface area (Å²) >= 11 is 0. The standard InChI is InChI=1S/C16H30N4O5/c1-9(2)5-11(17)15(24)18-7-13(21)20-12(6-10(3)4)16(25)19-8-14(22)23/h9-12H,5-8,17H2,1-4H3,(H,18,24)(H,19,25)(H,20,21)(H,22,23). The molecule has 6 N–H and O–H groups in total. The molecule has 0 spiro atoms. The van der Waals surface area contributed by atoms with Gasteiger partial charge in [0.05, 0.1) is 12.6 Å². The molecule has 0 aromatic heterocycles. The summed E-state index contributed by atoms with van der Waals surface area (Å²) in [6.07, 6.45) is 0.846. The summed E-state index contributed by atoms with van der Waals surface area (Å²) in [6.45, 7) is 6.79. The minimum absolute atomic E-state index is 0.106. The zero-order valence-electron chi connectivity index (χ0n) is 15.3. The fraction of sp³-hybridized carbons (Fsp3) is 0.750. The molecule has 0 rings (SSSR count). The molecule has 3 amide bonds. The molecule has 0 saturated carbocycles. The molecular formula is C16H30N4O5. The van der Waals surface area contributed by atoms with E-state index in [0.717, 1.165) is 0 Å². The highest BCUT2D eigenvalue weighted by molar-refractivity contribution is 5.91. The molecule has 9 nitrogen and oxygen atoms in total. The van der Waals surface area contributed by atoms with Gasteiger partial charge in [0.25, 0.3) is 0 Å². The van der Waals surface area contributed by atoms with Crippen LogP contribution in [0.4, 0.5) is 0 Å². The first-order valence-electron chi connectivity index (χ1n) is 8.35. The number of amides is 3. The molecule has 0 aliphatic heterocycles. The topological polar surface area (TPSA) is 151 Å². The third-order valence-electron chi connectivity index (χ3n) is 3.26. The lowest BCUT2D eigenvalue weighted by atomic mass is 10.0. The van der Waals surface area contributed by atoms with Crippen LogP contribution in [0, 0.1) is 11.8 Å². The molecule has 144 valence electrons. The predicted molar refractivity (Wildman–Crippen MR) is 92.5 cm³/mol. The Labute approximate surface area is 148 Å². The number of carboxylic acid groups (broad SMARTS) is 1. The molecule has 0 fully saturated rings. The van der Waals surface area contributed by atoms with Crippen molar-refractivity contribution < 1.29 is 24.3 Å². The number of nitrogens with two attached hydrogens (primary N) is 1. The van der Waals surface area contributed by atoms with Crippen molar-refractivity contribution in [1.29, 1.82) is 0 Å². The minimum atomic E-state index is -1.17. The summed E-state index contributed by atoms with van der Waals surface area (Å²) in [5, 5.41) is 15.8. The number of carboxylic acids is 1. The molecule has 25 heavy (non-hydrogen) atoms. The monoisotopic (exact) mass is 358 g/mol. The van der Waals surface area contributed by atoms with Crippen molar-refractivity contribution in [3.8, 4) is 0 Å². The number of carbonyl (C=O) groups excluding carboxylic acids is 3. The molecule has 2 atom stereocenters. The zero-order valence-corrected chi connectivity index (χ0v) is 15.3. The van der Waals surface area contributed by atoms with Crippen LogP contribution in [0.15, 0.2) is 0 Å². The van der Waals surface area contributed by atoms with Crippen LogP contribution in [0.2, 0.25) is 0 Å². The van der Waals surface area contributed by atoms with Crippen molar-refractivity contribution in [3.63, 3.8) is 0 Å². The number of carbonyl (C=O) groups is 4. The maximum atomic E-state index is 12.0. The van der Waals surface area contributed by atoms with Gasteiger partial charge < -0.3 is 26.8 Å². The van der Waals surface area contributed by atoms with Crippen molar-refractivity contribution in [2.45, 2.75) is 52.6 Å². The van der Waals surface area contributed by atoms with E-state index in [1.54, 1.807) is 0 Å². The Morgan fingerprint density at radius 2 is 1.40 bits per heavy atom. The molecule has 9 heteroatoms. The molecule has 0 saturated heterocycles. The normalized spacial score (nSPS) is 13.2. The van der Waals surface area contributed by atoms with Gasteiger partial charge >= 0.3 is 5.97 Å². The lowest BCUT2D eigenvalue weighted by molar-refractivity contribution is -0.138. The van der Waals surface area contributed by atoms with Crippen LogP contribution in [0.3, 0.4) is 0 Å². The third kappa shape index (κ3) is 11.1. The minimum Gasteiger partial charge on any atom is -0.480 e. The molecule has 0 aromatic rings. The molecule has 0 radical (unpaired) electrons. The summed E-state index contributed by atoms with van der Waals surface area (Å²) in [6, 6.07) is -1.56. The van der Waals surface area contributed by atoms with Gasteiger partial charge in [-0.1, -0.05) is 27.7 Å². The molecule has 0 bridgehead atoms. The average molecular weight is 358 g/mol. The molecule has 0 aliphatic rings. The lowest BCUT2D eigenvalue weighted by Gasteiger charge is -2.20. The first kappa shape index (κ1) is 22.8. The van der Waals surface area contributed by atoms with Crippen LogP contribution in [0.5, 0.6) is 0 Å². The van der Waals surface area contributed by atoms with Gasteiger partial charge in [0.1, 0.15) is 12.6 Å². The van der Waals surface area contributed by atoms with E-state index in [2.05, 4.69) is 16.0 Å². The van der Waals surface area contributed by atoms with Gasteiger partial charge in [0, 0.05) is 0 Å². The van der Waals surface area contributed by atoms with E-state index < -0.39 is 42.3 Å². The smallest absolute Gasteiger partial charge is 0.322 e. The highest BCUT2D eigenvalue weighted by Crippen LogP contribution is 2.05. The number of hydrogen-bond donors (Lipinski definition) is 5. The molecule has 0 heterocycles. The van der Waals surface area contributed by atoms with Crippen molar-refractivity contribution in [2.24, 2.45) is 17.6 Å². The largest absolute Gasteiger partial charge is 0.480 e. The quantitative estimate of drug-likeness (QED) is 0.326. The Bertz CT molecular complexity index is 479. The first-order chi connectivity index (χ1) is 11.5. The Hall–Kier alpha value is -2.16. The highest BCUT2D eigenvalue weighted by Gasteiger charge is 2.23. The van der Waals surface area contributed by atoms with Crippen LogP contribution in [0.25, 0.3) is 0 Å². The van der Waals surface area contributed by atoms with Crippen molar-refractivity contribution in [3.05, 3.63) is 0 Å². The Morgan fingerprint density at radius 1 is 0.880 bits per heavy atom. The molecular weight excluding hydrogens is 328 g/mol. The van der Waals surface area contributed by atoms with Gasteiger partial charge in [0.15, 0.2) is 0 Å². The fourth-order valence-corrected chi connectivity index (χ4v) is 2.15. The van der Waals surface area contributed by atoms with Gasteiger partial charge in [-0.05, 0) is 24.7 Å². The zero-order chi connectivity index (χ0) is 19.6. The highest BCUT2D eigenvalue weighted by atomic mass is 16.4. The number of hydrogen-bond acceptors (Lipinski definition) is 5. The van der Waals surface area contributed by atoms with E-state index in [1.807, 2.05) is 27.7 Å². The summed E-state index contributed by atoms with van der Waals surface area (Å²) in [7, 11) is 0. The fourth-order valence-electron chi connectivity index (χ4n) is 2.15. The van der Waals surface area contributed by atoms with Gasteiger partial charge in [-0.3, -0.25) is 19.2 Å². The molecule has 2 unspecified atom stereocenters. The van der Waals surface area contributed by atoms with Gasteiger partial charge in [-0.25, -0.2) is 0 Å². The van der Waals surface area contributed by atoms with E-state index in [-0.39, 0.29) is 18.4 Å². The maximum Gasteiger partial charge on any atom is 0.322 e. The second kappa shape index (κ2) is 11.4. The average Bonchev–Trinajstić information content (AvgIpc) is 2.48. The Kier molecular flexibility index (Phi) is 10.4. The van der Waals surface area contributed by atoms with Crippen molar-refractivity contribution >= 4 is 23.7 Å². The van der Waals surface area contributed by atoms with Gasteiger partial charge in [-0.15, -0.1) is 0 Å². The van der Waals surface area contributed by atoms with Crippen LogP contribution < -0.4 is 21.7 Å². The van der Waals surface area contributed by atoms with Gasteiger partial charge in [0.2, 0.25) is 17.7 Å². The second-order valence-corrected chi connectivity index (χ2v) is 6.82. The Balaban J connectivity index is 4.53. The summed E-state index contributed by atoms with van der Waals surface area (Å²) in [4.78, 5) is 46.3. The number of aliphatic carboxylic acids is 1. The number of nitrogens with one attached hydrogen (secondary N) is 3. The van der Waals surface area contributed by atoms with Crippen LogP contribution in [-0.2, 0) is 19.2 Å². The molecule has 0 aromatic carbocycles. The van der Waals surface area contributed by atoms with E-state index >= 15 is 0 Å². The SMILES string of the molecule is CC(C)CC(N)C(=O)NCC(=O)NC(CC(C)C)C(=O)NCC(=O)O. The number of rotatable bonds is 11. The summed E-state index contributed by atoms with van der Waals surface area (Å²) < 4.78 is 0. The maximum absolute atomic E-state index is 12.0. The van der Waals surface area contributed by atoms with Crippen LogP contribution in [0.1, 0.15) is 40.5 Å². The van der Waals surface area contributed by atoms with Crippen LogP contribution in [-0.4, -0.2) is 54.0 Å². The summed E-state index contributed by atoms with van der Waals surface area (Å²) in [5.41, 5.74) is 5.72. The van der Waals surface area contributed by atoms with E-state index in [1.165, 1.54) is 0 Å². The van der Waals surface area contributed by atoms with E-state index in [0.29, 0.717) is 12.8 Å².